The van der Waals surface area contributed by atoms with Crippen molar-refractivity contribution in [3.8, 4) is 5.75 Å². The molecule has 2 aromatic carbocycles. The standard InChI is InChI=1S/C23H27N3O6S/c1-23(2,3)18-13-15(26-19(27)10-11-24-22(26)29)12-17(20(18)32-4)21(28)25-14-6-8-16(9-7-14)33(5,30)31/h6-9,12-13H,10-11H2,1-5H3,(H,24,29)(H,25,28). The summed E-state index contributed by atoms with van der Waals surface area (Å²) in [6.45, 7) is 6.04. The second-order valence-electron chi connectivity index (χ2n) is 8.79. The minimum Gasteiger partial charge on any atom is -0.496 e. The first kappa shape index (κ1) is 24.2. The minimum absolute atomic E-state index is 0.129. The van der Waals surface area contributed by atoms with E-state index in [1.807, 2.05) is 20.8 Å². The number of amides is 4. The highest BCUT2D eigenvalue weighted by atomic mass is 32.2. The lowest BCUT2D eigenvalue weighted by Gasteiger charge is -2.30. The Kier molecular flexibility index (Phi) is 6.51. The van der Waals surface area contributed by atoms with Gasteiger partial charge in [0.2, 0.25) is 5.91 Å². The first-order valence-corrected chi connectivity index (χ1v) is 12.2. The Morgan fingerprint density at radius 1 is 1.12 bits per heavy atom. The summed E-state index contributed by atoms with van der Waals surface area (Å²) < 4.78 is 28.9. The molecule has 1 saturated heterocycles. The second kappa shape index (κ2) is 8.86. The lowest BCUT2D eigenvalue weighted by molar-refractivity contribution is -0.118. The fourth-order valence-corrected chi connectivity index (χ4v) is 4.14. The van der Waals surface area contributed by atoms with E-state index in [9.17, 15) is 22.8 Å². The minimum atomic E-state index is -3.37. The fraction of sp³-hybridized carbons (Fsp3) is 0.348. The number of hydrogen-bond donors (Lipinski definition) is 2. The highest BCUT2D eigenvalue weighted by Gasteiger charge is 2.32. The molecule has 4 amide bonds. The molecule has 1 aliphatic rings. The van der Waals surface area contributed by atoms with Gasteiger partial charge in [-0.05, 0) is 41.8 Å². The van der Waals surface area contributed by atoms with E-state index >= 15 is 0 Å². The molecule has 176 valence electrons. The molecule has 2 aromatic rings. The van der Waals surface area contributed by atoms with E-state index in [2.05, 4.69) is 10.6 Å². The summed E-state index contributed by atoms with van der Waals surface area (Å²) in [5, 5.41) is 5.36. The average Bonchev–Trinajstić information content (AvgIpc) is 2.72. The van der Waals surface area contributed by atoms with Gasteiger partial charge in [0.15, 0.2) is 9.84 Å². The van der Waals surface area contributed by atoms with Gasteiger partial charge < -0.3 is 15.4 Å². The first-order chi connectivity index (χ1) is 15.3. The number of benzene rings is 2. The monoisotopic (exact) mass is 473 g/mol. The Hall–Kier alpha value is -3.40. The number of urea groups is 1. The molecule has 10 heteroatoms. The third-order valence-electron chi connectivity index (χ3n) is 5.20. The van der Waals surface area contributed by atoms with Gasteiger partial charge in [0, 0.05) is 30.5 Å². The third-order valence-corrected chi connectivity index (χ3v) is 6.33. The van der Waals surface area contributed by atoms with Crippen molar-refractivity contribution in [2.45, 2.75) is 37.5 Å². The highest BCUT2D eigenvalue weighted by Crippen LogP contribution is 2.38. The topological polar surface area (TPSA) is 122 Å². The molecule has 1 aliphatic heterocycles. The molecule has 33 heavy (non-hydrogen) atoms. The normalized spacial score (nSPS) is 14.6. The van der Waals surface area contributed by atoms with Crippen molar-refractivity contribution < 1.29 is 27.5 Å². The van der Waals surface area contributed by atoms with Gasteiger partial charge in [-0.15, -0.1) is 0 Å². The number of imide groups is 1. The predicted octanol–water partition coefficient (Wildman–Crippen LogP) is 3.09. The van der Waals surface area contributed by atoms with Gasteiger partial charge >= 0.3 is 6.03 Å². The van der Waals surface area contributed by atoms with Crippen LogP contribution in [0.1, 0.15) is 43.1 Å². The van der Waals surface area contributed by atoms with Crippen LogP contribution in [-0.4, -0.2) is 46.2 Å². The molecule has 0 aromatic heterocycles. The molecule has 0 bridgehead atoms. The van der Waals surface area contributed by atoms with E-state index in [1.165, 1.54) is 37.4 Å². The van der Waals surface area contributed by atoms with Crippen molar-refractivity contribution in [2.24, 2.45) is 0 Å². The number of ether oxygens (including phenoxy) is 1. The summed E-state index contributed by atoms with van der Waals surface area (Å²) in [6.07, 6.45) is 1.25. The van der Waals surface area contributed by atoms with Gasteiger partial charge in [-0.1, -0.05) is 20.8 Å². The van der Waals surface area contributed by atoms with Crippen LogP contribution in [0.4, 0.5) is 16.2 Å². The number of rotatable bonds is 5. The number of anilines is 2. The van der Waals surface area contributed by atoms with Crippen LogP contribution in [0, 0.1) is 0 Å². The van der Waals surface area contributed by atoms with Crippen molar-refractivity contribution in [1.82, 2.24) is 5.32 Å². The van der Waals surface area contributed by atoms with Crippen LogP contribution in [0.25, 0.3) is 0 Å². The summed E-state index contributed by atoms with van der Waals surface area (Å²) in [5.41, 5.74) is 0.956. The van der Waals surface area contributed by atoms with Gasteiger partial charge in [0.25, 0.3) is 5.91 Å². The summed E-state index contributed by atoms with van der Waals surface area (Å²) >= 11 is 0. The Balaban J connectivity index is 2.08. The number of nitrogens with zero attached hydrogens (tertiary/aromatic N) is 1. The lowest BCUT2D eigenvalue weighted by atomic mass is 9.84. The van der Waals surface area contributed by atoms with Gasteiger partial charge in [0.05, 0.1) is 23.3 Å². The number of carbonyl (C=O) groups is 3. The van der Waals surface area contributed by atoms with Gasteiger partial charge in [-0.25, -0.2) is 18.1 Å². The average molecular weight is 474 g/mol. The first-order valence-electron chi connectivity index (χ1n) is 10.3. The zero-order valence-corrected chi connectivity index (χ0v) is 20.0. The molecule has 0 spiro atoms. The van der Waals surface area contributed by atoms with Crippen molar-refractivity contribution in [2.75, 3.05) is 30.1 Å². The lowest BCUT2D eigenvalue weighted by Crippen LogP contribution is -2.50. The van der Waals surface area contributed by atoms with Gasteiger partial charge in [0.1, 0.15) is 5.75 Å². The zero-order chi connectivity index (χ0) is 24.6. The van der Waals surface area contributed by atoms with E-state index in [4.69, 9.17) is 4.74 Å². The molecule has 0 saturated carbocycles. The van der Waals surface area contributed by atoms with E-state index in [0.29, 0.717) is 17.0 Å². The Labute approximate surface area is 193 Å². The summed E-state index contributed by atoms with van der Waals surface area (Å²) in [6, 6.07) is 8.33. The number of methoxy groups -OCH3 is 1. The van der Waals surface area contributed by atoms with E-state index in [-0.39, 0.29) is 35.0 Å². The second-order valence-corrected chi connectivity index (χ2v) is 10.8. The highest BCUT2D eigenvalue weighted by molar-refractivity contribution is 7.90. The summed E-state index contributed by atoms with van der Waals surface area (Å²) in [7, 11) is -1.92. The van der Waals surface area contributed by atoms with Crippen LogP contribution in [-0.2, 0) is 20.0 Å². The van der Waals surface area contributed by atoms with Crippen molar-refractivity contribution in [3.63, 3.8) is 0 Å². The largest absolute Gasteiger partial charge is 0.496 e. The molecule has 0 unspecified atom stereocenters. The Morgan fingerprint density at radius 3 is 2.27 bits per heavy atom. The molecule has 1 heterocycles. The van der Waals surface area contributed by atoms with Gasteiger partial charge in [-0.2, -0.15) is 0 Å². The molecule has 1 fully saturated rings. The van der Waals surface area contributed by atoms with Crippen molar-refractivity contribution in [3.05, 3.63) is 47.5 Å². The molecule has 0 aliphatic carbocycles. The van der Waals surface area contributed by atoms with E-state index in [0.717, 1.165) is 11.2 Å². The summed E-state index contributed by atoms with van der Waals surface area (Å²) in [5.74, 6) is -0.580. The molecule has 0 atom stereocenters. The quantitative estimate of drug-likeness (QED) is 0.688. The molecule has 3 rings (SSSR count). The molecule has 9 nitrogen and oxygen atoms in total. The Bertz CT molecular complexity index is 1200. The van der Waals surface area contributed by atoms with Crippen molar-refractivity contribution >= 4 is 39.1 Å². The number of nitrogens with one attached hydrogen (secondary N) is 2. The van der Waals surface area contributed by atoms with Crippen LogP contribution in [0.3, 0.4) is 0 Å². The van der Waals surface area contributed by atoms with Crippen LogP contribution >= 0.6 is 0 Å². The maximum absolute atomic E-state index is 13.2. The van der Waals surface area contributed by atoms with E-state index in [1.54, 1.807) is 6.07 Å². The zero-order valence-electron chi connectivity index (χ0n) is 19.2. The SMILES string of the molecule is COc1c(C(=O)Nc2ccc(S(C)(=O)=O)cc2)cc(N2C(=O)CCNC2=O)cc1C(C)(C)C. The summed E-state index contributed by atoms with van der Waals surface area (Å²) in [4.78, 5) is 39.3. The number of carbonyl (C=O) groups excluding carboxylic acids is 3. The smallest absolute Gasteiger partial charge is 0.328 e. The fourth-order valence-electron chi connectivity index (χ4n) is 3.51. The molecule has 2 N–H and O–H groups in total. The maximum Gasteiger partial charge on any atom is 0.328 e. The van der Waals surface area contributed by atoms with E-state index < -0.39 is 27.2 Å². The molecule has 0 radical (unpaired) electrons. The third kappa shape index (κ3) is 5.16. The van der Waals surface area contributed by atoms with Gasteiger partial charge in [-0.3, -0.25) is 9.59 Å². The number of sulfone groups is 1. The van der Waals surface area contributed by atoms with Crippen LogP contribution in [0.15, 0.2) is 41.3 Å². The van der Waals surface area contributed by atoms with Crippen LogP contribution < -0.4 is 20.3 Å². The Morgan fingerprint density at radius 2 is 1.76 bits per heavy atom. The van der Waals surface area contributed by atoms with Crippen LogP contribution in [0.5, 0.6) is 5.75 Å². The predicted molar refractivity (Wildman–Crippen MR) is 125 cm³/mol. The van der Waals surface area contributed by atoms with Crippen molar-refractivity contribution in [1.29, 1.82) is 0 Å². The molecular weight excluding hydrogens is 446 g/mol. The van der Waals surface area contributed by atoms with Crippen LogP contribution in [0.2, 0.25) is 0 Å². The maximum atomic E-state index is 13.2. The number of hydrogen-bond acceptors (Lipinski definition) is 6. The molecular formula is C23H27N3O6S.